The number of nitrogens with one attached hydrogen (secondary N) is 1. The highest BCUT2D eigenvalue weighted by Crippen LogP contribution is 2.29. The van der Waals surface area contributed by atoms with Crippen molar-refractivity contribution in [2.75, 3.05) is 12.4 Å². The minimum absolute atomic E-state index is 0.614. The first-order valence-corrected chi connectivity index (χ1v) is 8.78. The molecule has 0 aliphatic carbocycles. The van der Waals surface area contributed by atoms with Gasteiger partial charge in [-0.2, -0.15) is 4.98 Å². The van der Waals surface area contributed by atoms with Gasteiger partial charge in [-0.15, -0.1) is 0 Å². The maximum atomic E-state index is 4.92. The largest absolute Gasteiger partial charge is 0.388 e. The van der Waals surface area contributed by atoms with Gasteiger partial charge in [-0.3, -0.25) is 4.57 Å². The average Bonchev–Trinajstić information content (AvgIpc) is 3.31. The number of para-hydroxylation sites is 2. The summed E-state index contributed by atoms with van der Waals surface area (Å²) in [5.74, 6) is 0.614. The zero-order chi connectivity index (χ0) is 18.4. The van der Waals surface area contributed by atoms with Crippen molar-refractivity contribution in [2.45, 2.75) is 0 Å². The van der Waals surface area contributed by atoms with Crippen molar-refractivity contribution in [3.8, 4) is 17.2 Å². The molecule has 0 spiro atoms. The number of hydrogen-bond donors (Lipinski definition) is 1. The van der Waals surface area contributed by atoms with Crippen LogP contribution in [0.3, 0.4) is 0 Å². The molecule has 0 unspecified atom stereocenters. The third kappa shape index (κ3) is 2.45. The molecule has 0 saturated heterocycles. The van der Waals surface area contributed by atoms with Crippen LogP contribution in [0.1, 0.15) is 0 Å². The Morgan fingerprint density at radius 3 is 2.74 bits per heavy atom. The van der Waals surface area contributed by atoms with Crippen molar-refractivity contribution in [2.24, 2.45) is 7.05 Å². The fraction of sp³-hybridized carbons (Fsp3) is 0.0952. The molecule has 1 N–H and O–H groups in total. The van der Waals surface area contributed by atoms with Crippen LogP contribution in [0.25, 0.3) is 39.3 Å². The third-order valence-electron chi connectivity index (χ3n) is 4.81. The maximum Gasteiger partial charge on any atom is 0.238 e. The summed E-state index contributed by atoms with van der Waals surface area (Å²) in [6.45, 7) is 0. The van der Waals surface area contributed by atoms with E-state index in [2.05, 4.69) is 28.5 Å². The Balaban J connectivity index is 1.81. The summed E-state index contributed by atoms with van der Waals surface area (Å²) in [6.07, 6.45) is 3.79. The zero-order valence-electron chi connectivity index (χ0n) is 15.1. The number of rotatable bonds is 3. The van der Waals surface area contributed by atoms with Crippen molar-refractivity contribution in [1.82, 2.24) is 24.1 Å². The van der Waals surface area contributed by atoms with Gasteiger partial charge in [-0.1, -0.05) is 24.3 Å². The average molecular weight is 354 g/mol. The number of anilines is 1. The molecule has 3 aromatic heterocycles. The monoisotopic (exact) mass is 354 g/mol. The van der Waals surface area contributed by atoms with Crippen LogP contribution in [0.2, 0.25) is 0 Å². The first-order chi connectivity index (χ1) is 13.2. The van der Waals surface area contributed by atoms with E-state index >= 15 is 0 Å². The van der Waals surface area contributed by atoms with E-state index in [1.807, 2.05) is 65.8 Å². The Kier molecular flexibility index (Phi) is 3.43. The van der Waals surface area contributed by atoms with Crippen LogP contribution in [0.5, 0.6) is 0 Å². The Morgan fingerprint density at radius 2 is 1.85 bits per heavy atom. The van der Waals surface area contributed by atoms with Gasteiger partial charge in [0, 0.05) is 36.9 Å². The fourth-order valence-electron chi connectivity index (χ4n) is 3.39. The van der Waals surface area contributed by atoms with Gasteiger partial charge >= 0.3 is 0 Å². The summed E-state index contributed by atoms with van der Waals surface area (Å²) in [7, 11) is 3.92. The van der Waals surface area contributed by atoms with E-state index in [0.29, 0.717) is 5.95 Å². The number of imidazole rings is 1. The molecule has 0 saturated carbocycles. The van der Waals surface area contributed by atoms with Crippen LogP contribution in [0.4, 0.5) is 5.69 Å². The molecule has 0 aliphatic heterocycles. The lowest BCUT2D eigenvalue weighted by Gasteiger charge is -2.10. The number of hydrogen-bond acceptors (Lipinski definition) is 4. The van der Waals surface area contributed by atoms with Crippen molar-refractivity contribution >= 4 is 27.8 Å². The molecule has 0 atom stereocenters. The molecule has 5 rings (SSSR count). The number of aryl methyl sites for hydroxylation is 1. The summed E-state index contributed by atoms with van der Waals surface area (Å²) in [5.41, 5.74) is 5.80. The van der Waals surface area contributed by atoms with E-state index in [-0.39, 0.29) is 0 Å². The second-order valence-electron chi connectivity index (χ2n) is 6.47. The SMILES string of the molecule is CNc1cccc(-c2nc(-n3cnc4ccccc43)nc3c2ccn3C)c1. The van der Waals surface area contributed by atoms with E-state index in [1.54, 1.807) is 6.33 Å². The molecule has 27 heavy (non-hydrogen) atoms. The maximum absolute atomic E-state index is 4.92. The molecule has 0 bridgehead atoms. The predicted molar refractivity (Wildman–Crippen MR) is 108 cm³/mol. The van der Waals surface area contributed by atoms with Crippen LogP contribution < -0.4 is 5.32 Å². The molecular formula is C21H18N6. The van der Waals surface area contributed by atoms with Crippen LogP contribution in [0.15, 0.2) is 67.1 Å². The Bertz CT molecular complexity index is 1280. The first kappa shape index (κ1) is 15.6. The Hall–Kier alpha value is -3.67. The molecule has 3 heterocycles. The highest BCUT2D eigenvalue weighted by molar-refractivity contribution is 5.92. The highest BCUT2D eigenvalue weighted by Gasteiger charge is 2.15. The van der Waals surface area contributed by atoms with Crippen molar-refractivity contribution in [3.05, 3.63) is 67.1 Å². The molecule has 0 amide bonds. The second-order valence-corrected chi connectivity index (χ2v) is 6.47. The lowest BCUT2D eigenvalue weighted by molar-refractivity contribution is 0.913. The van der Waals surface area contributed by atoms with Gasteiger partial charge in [0.1, 0.15) is 12.0 Å². The summed E-state index contributed by atoms with van der Waals surface area (Å²) in [6, 6.07) is 18.3. The standard InChI is InChI=1S/C21H18N6/c1-22-15-7-5-6-14(12-15)19-16-10-11-26(2)20(16)25-21(24-19)27-13-23-17-8-3-4-9-18(17)27/h3-13,22H,1-2H3. The lowest BCUT2D eigenvalue weighted by Crippen LogP contribution is -2.03. The van der Waals surface area contributed by atoms with Gasteiger partial charge < -0.3 is 9.88 Å². The molecule has 2 aromatic carbocycles. The number of fused-ring (bicyclic) bond motifs is 2. The van der Waals surface area contributed by atoms with Crippen LogP contribution in [0, 0.1) is 0 Å². The molecule has 0 radical (unpaired) electrons. The van der Waals surface area contributed by atoms with Crippen molar-refractivity contribution in [3.63, 3.8) is 0 Å². The normalized spacial score (nSPS) is 11.3. The van der Waals surface area contributed by atoms with E-state index in [9.17, 15) is 0 Å². The minimum atomic E-state index is 0.614. The smallest absolute Gasteiger partial charge is 0.238 e. The third-order valence-corrected chi connectivity index (χ3v) is 4.81. The van der Waals surface area contributed by atoms with E-state index < -0.39 is 0 Å². The van der Waals surface area contributed by atoms with Crippen molar-refractivity contribution in [1.29, 1.82) is 0 Å². The van der Waals surface area contributed by atoms with Crippen LogP contribution >= 0.6 is 0 Å². The van der Waals surface area contributed by atoms with Gasteiger partial charge in [-0.05, 0) is 30.3 Å². The van der Waals surface area contributed by atoms with Gasteiger partial charge in [0.2, 0.25) is 5.95 Å². The predicted octanol–water partition coefficient (Wildman–Crippen LogP) is 4.02. The summed E-state index contributed by atoms with van der Waals surface area (Å²) in [5, 5.41) is 4.22. The van der Waals surface area contributed by atoms with Gasteiger partial charge in [0.25, 0.3) is 0 Å². The molecule has 132 valence electrons. The van der Waals surface area contributed by atoms with Gasteiger partial charge in [0.05, 0.1) is 16.7 Å². The second kappa shape index (κ2) is 5.95. The molecule has 6 heteroatoms. The molecule has 6 nitrogen and oxygen atoms in total. The molecule has 5 aromatic rings. The summed E-state index contributed by atoms with van der Waals surface area (Å²) >= 11 is 0. The van der Waals surface area contributed by atoms with Crippen LogP contribution in [-0.2, 0) is 7.05 Å². The lowest BCUT2D eigenvalue weighted by atomic mass is 10.1. The Labute approximate surface area is 156 Å². The summed E-state index contributed by atoms with van der Waals surface area (Å²) < 4.78 is 3.96. The number of aromatic nitrogens is 5. The molecule has 0 aliphatic rings. The van der Waals surface area contributed by atoms with E-state index in [0.717, 1.165) is 39.0 Å². The highest BCUT2D eigenvalue weighted by atomic mass is 15.2. The number of nitrogens with zero attached hydrogens (tertiary/aromatic N) is 5. The van der Waals surface area contributed by atoms with E-state index in [4.69, 9.17) is 9.97 Å². The first-order valence-electron chi connectivity index (χ1n) is 8.78. The van der Waals surface area contributed by atoms with Gasteiger partial charge in [0.15, 0.2) is 0 Å². The topological polar surface area (TPSA) is 60.6 Å². The molecular weight excluding hydrogens is 336 g/mol. The van der Waals surface area contributed by atoms with Crippen LogP contribution in [-0.4, -0.2) is 31.1 Å². The quantitative estimate of drug-likeness (QED) is 0.532. The van der Waals surface area contributed by atoms with E-state index in [1.165, 1.54) is 0 Å². The minimum Gasteiger partial charge on any atom is -0.388 e. The fourth-order valence-corrected chi connectivity index (χ4v) is 3.39. The summed E-state index contributed by atoms with van der Waals surface area (Å²) in [4.78, 5) is 14.2. The zero-order valence-corrected chi connectivity index (χ0v) is 15.1. The van der Waals surface area contributed by atoms with Gasteiger partial charge in [-0.25, -0.2) is 9.97 Å². The molecule has 0 fully saturated rings. The Morgan fingerprint density at radius 1 is 0.963 bits per heavy atom. The van der Waals surface area contributed by atoms with Crippen molar-refractivity contribution < 1.29 is 0 Å². The number of benzene rings is 2.